The van der Waals surface area contributed by atoms with Gasteiger partial charge in [0.2, 0.25) is 0 Å². The molecule has 0 radical (unpaired) electrons. The number of ether oxygens (including phenoxy) is 1. The Bertz CT molecular complexity index is 834. The fraction of sp³-hybridized carbons (Fsp3) is 0.250. The summed E-state index contributed by atoms with van der Waals surface area (Å²) in [5.74, 6) is -0.290. The zero-order valence-electron chi connectivity index (χ0n) is 14.9. The first-order chi connectivity index (χ1) is 12.6. The van der Waals surface area contributed by atoms with E-state index in [2.05, 4.69) is 6.07 Å². The highest BCUT2D eigenvalue weighted by Gasteiger charge is 2.38. The average molecular weight is 386 g/mol. The number of carbonyl (C=O) groups is 2. The molecule has 0 bridgehead atoms. The van der Waals surface area contributed by atoms with Crippen LogP contribution in [-0.2, 0) is 9.53 Å². The second kappa shape index (κ2) is 9.06. The van der Waals surface area contributed by atoms with Gasteiger partial charge in [-0.05, 0) is 42.8 Å². The van der Waals surface area contributed by atoms with Crippen LogP contribution in [0.4, 0.5) is 16.2 Å². The van der Waals surface area contributed by atoms with Crippen LogP contribution in [0.15, 0.2) is 54.6 Å². The van der Waals surface area contributed by atoms with E-state index in [9.17, 15) is 9.59 Å². The van der Waals surface area contributed by atoms with Gasteiger partial charge in [0.1, 0.15) is 0 Å². The smallest absolute Gasteiger partial charge is 0.329 e. The maximum atomic E-state index is 13.1. The average Bonchev–Trinajstić information content (AvgIpc) is 3.03. The van der Waals surface area contributed by atoms with Gasteiger partial charge in [-0.3, -0.25) is 14.6 Å². The molecular weight excluding hydrogens is 366 g/mol. The summed E-state index contributed by atoms with van der Waals surface area (Å²) >= 11 is 0. The Morgan fingerprint density at radius 3 is 2.41 bits per heavy atom. The molecule has 1 heterocycles. The van der Waals surface area contributed by atoms with Crippen LogP contribution in [0.5, 0.6) is 0 Å². The van der Waals surface area contributed by atoms with Crippen LogP contribution in [-0.4, -0.2) is 31.7 Å². The van der Waals surface area contributed by atoms with E-state index < -0.39 is 0 Å². The molecule has 2 aromatic rings. The summed E-state index contributed by atoms with van der Waals surface area (Å²) in [6, 6.07) is 18.1. The number of urea groups is 1. The van der Waals surface area contributed by atoms with Crippen LogP contribution < -0.4 is 9.80 Å². The number of anilines is 2. The van der Waals surface area contributed by atoms with E-state index in [4.69, 9.17) is 10.00 Å². The Labute approximate surface area is 164 Å². The second-order valence-corrected chi connectivity index (χ2v) is 6.03. The number of hydrogen-bond acceptors (Lipinski definition) is 4. The maximum Gasteiger partial charge on any atom is 0.329 e. The molecule has 0 saturated carbocycles. The number of rotatable bonds is 5. The number of methoxy groups -OCH3 is 1. The van der Waals surface area contributed by atoms with Crippen LogP contribution in [0.2, 0.25) is 0 Å². The topological polar surface area (TPSA) is 73.6 Å². The summed E-state index contributed by atoms with van der Waals surface area (Å²) in [6.45, 7) is 0.469. The van der Waals surface area contributed by atoms with Crippen LogP contribution in [0.3, 0.4) is 0 Å². The molecule has 3 rings (SSSR count). The number of para-hydroxylation sites is 1. The van der Waals surface area contributed by atoms with Gasteiger partial charge < -0.3 is 4.74 Å². The summed E-state index contributed by atoms with van der Waals surface area (Å²) in [5.41, 5.74) is 2.07. The highest BCUT2D eigenvalue weighted by Crippen LogP contribution is 2.30. The highest BCUT2D eigenvalue weighted by atomic mass is 35.5. The first kappa shape index (κ1) is 20.3. The Morgan fingerprint density at radius 2 is 1.81 bits per heavy atom. The Kier molecular flexibility index (Phi) is 6.80. The molecule has 0 aliphatic carbocycles. The number of carbonyl (C=O) groups excluding carboxylic acids is 2. The summed E-state index contributed by atoms with van der Waals surface area (Å²) in [5, 5.41) is 8.94. The van der Waals surface area contributed by atoms with Crippen molar-refractivity contribution in [3.8, 4) is 6.07 Å². The van der Waals surface area contributed by atoms with Gasteiger partial charge in [0.25, 0.3) is 0 Å². The number of amides is 2. The van der Waals surface area contributed by atoms with E-state index in [0.29, 0.717) is 18.5 Å². The fourth-order valence-corrected chi connectivity index (χ4v) is 3.11. The van der Waals surface area contributed by atoms with Crippen LogP contribution in [0, 0.1) is 11.3 Å². The summed E-state index contributed by atoms with van der Waals surface area (Å²) in [6.07, 6.45) is 0.763. The minimum atomic E-state index is -0.290. The normalized spacial score (nSPS) is 15.9. The molecule has 1 unspecified atom stereocenters. The number of nitriles is 1. The van der Waals surface area contributed by atoms with Crippen molar-refractivity contribution in [1.82, 2.24) is 0 Å². The Morgan fingerprint density at radius 1 is 1.15 bits per heavy atom. The van der Waals surface area contributed by atoms with E-state index in [0.717, 1.165) is 11.4 Å². The molecule has 0 spiro atoms. The number of hydrogen-bond donors (Lipinski definition) is 0. The molecular formula is C20H20ClN3O3. The molecule has 2 amide bonds. The van der Waals surface area contributed by atoms with Crippen molar-refractivity contribution in [2.75, 3.05) is 23.5 Å². The van der Waals surface area contributed by atoms with E-state index in [-0.39, 0.29) is 36.9 Å². The quantitative estimate of drug-likeness (QED) is 0.735. The van der Waals surface area contributed by atoms with E-state index in [1.165, 1.54) is 7.11 Å². The standard InChI is InChI=1S/C20H19N3O3.ClH/c1-26-19(24)12-11-18-14-22(16-9-7-15(13-21)8-10-16)20(25)23(18)17-5-3-2-4-6-17;/h2-10,18H,11-12,14H2,1H3;1H. The molecule has 27 heavy (non-hydrogen) atoms. The maximum absolute atomic E-state index is 13.1. The van der Waals surface area contributed by atoms with Crippen LogP contribution >= 0.6 is 12.4 Å². The lowest BCUT2D eigenvalue weighted by Crippen LogP contribution is -2.35. The zero-order valence-corrected chi connectivity index (χ0v) is 15.7. The lowest BCUT2D eigenvalue weighted by Gasteiger charge is -2.23. The number of benzene rings is 2. The van der Waals surface area contributed by atoms with E-state index in [1.54, 1.807) is 34.1 Å². The third-order valence-corrected chi connectivity index (χ3v) is 4.45. The number of esters is 1. The van der Waals surface area contributed by atoms with Gasteiger partial charge in [-0.1, -0.05) is 18.2 Å². The molecule has 1 fully saturated rings. The van der Waals surface area contributed by atoms with Crippen molar-refractivity contribution in [2.24, 2.45) is 0 Å². The van der Waals surface area contributed by atoms with Gasteiger partial charge in [0.05, 0.1) is 24.8 Å². The molecule has 0 N–H and O–H groups in total. The van der Waals surface area contributed by atoms with Crippen molar-refractivity contribution in [3.63, 3.8) is 0 Å². The highest BCUT2D eigenvalue weighted by molar-refractivity contribution is 6.06. The van der Waals surface area contributed by atoms with Gasteiger partial charge in [0.15, 0.2) is 0 Å². The van der Waals surface area contributed by atoms with Gasteiger partial charge in [-0.25, -0.2) is 4.79 Å². The molecule has 1 aliphatic rings. The van der Waals surface area contributed by atoms with Crippen LogP contribution in [0.25, 0.3) is 0 Å². The van der Waals surface area contributed by atoms with Crippen molar-refractivity contribution >= 4 is 35.8 Å². The SMILES string of the molecule is COC(=O)CCC1CN(c2ccc(C#N)cc2)C(=O)N1c1ccccc1.Cl. The second-order valence-electron chi connectivity index (χ2n) is 6.03. The van der Waals surface area contributed by atoms with Gasteiger partial charge in [0, 0.05) is 24.3 Å². The summed E-state index contributed by atoms with van der Waals surface area (Å²) in [7, 11) is 1.36. The number of halogens is 1. The van der Waals surface area contributed by atoms with Gasteiger partial charge in [-0.2, -0.15) is 5.26 Å². The Balaban J connectivity index is 0.00000261. The monoisotopic (exact) mass is 385 g/mol. The summed E-state index contributed by atoms with van der Waals surface area (Å²) < 4.78 is 4.73. The zero-order chi connectivity index (χ0) is 18.5. The minimum absolute atomic E-state index is 0. The summed E-state index contributed by atoms with van der Waals surface area (Å²) in [4.78, 5) is 28.0. The third-order valence-electron chi connectivity index (χ3n) is 4.45. The molecule has 1 atom stereocenters. The molecule has 1 saturated heterocycles. The van der Waals surface area contributed by atoms with Crippen molar-refractivity contribution in [1.29, 1.82) is 5.26 Å². The molecule has 0 aromatic heterocycles. The van der Waals surface area contributed by atoms with Crippen LogP contribution in [0.1, 0.15) is 18.4 Å². The van der Waals surface area contributed by atoms with Gasteiger partial charge >= 0.3 is 12.0 Å². The van der Waals surface area contributed by atoms with Gasteiger partial charge in [-0.15, -0.1) is 12.4 Å². The Hall–Kier alpha value is -3.04. The predicted octanol–water partition coefficient (Wildman–Crippen LogP) is 3.75. The van der Waals surface area contributed by atoms with Crippen molar-refractivity contribution in [2.45, 2.75) is 18.9 Å². The number of nitrogens with zero attached hydrogens (tertiary/aromatic N) is 3. The molecule has 7 heteroatoms. The van der Waals surface area contributed by atoms with Crippen molar-refractivity contribution in [3.05, 3.63) is 60.2 Å². The molecule has 140 valence electrons. The lowest BCUT2D eigenvalue weighted by atomic mass is 10.1. The first-order valence-corrected chi connectivity index (χ1v) is 8.37. The molecule has 2 aromatic carbocycles. The minimum Gasteiger partial charge on any atom is -0.469 e. The molecule has 1 aliphatic heterocycles. The van der Waals surface area contributed by atoms with E-state index >= 15 is 0 Å². The predicted molar refractivity (Wildman–Crippen MR) is 105 cm³/mol. The first-order valence-electron chi connectivity index (χ1n) is 8.37. The fourth-order valence-electron chi connectivity index (χ4n) is 3.11. The van der Waals surface area contributed by atoms with E-state index in [1.807, 2.05) is 30.3 Å². The lowest BCUT2D eigenvalue weighted by molar-refractivity contribution is -0.140. The largest absolute Gasteiger partial charge is 0.469 e. The molecule has 6 nitrogen and oxygen atoms in total. The third kappa shape index (κ3) is 4.39. The van der Waals surface area contributed by atoms with Crippen molar-refractivity contribution < 1.29 is 14.3 Å².